The highest BCUT2D eigenvalue weighted by molar-refractivity contribution is 9.10. The zero-order chi connectivity index (χ0) is 7.84. The van der Waals surface area contributed by atoms with Crippen molar-refractivity contribution in [3.63, 3.8) is 0 Å². The van der Waals surface area contributed by atoms with E-state index in [0.29, 0.717) is 5.69 Å². The summed E-state index contributed by atoms with van der Waals surface area (Å²) < 4.78 is 0.973. The van der Waals surface area contributed by atoms with Crippen LogP contribution in [0.1, 0.15) is 0 Å². The van der Waals surface area contributed by atoms with Crippen molar-refractivity contribution in [2.75, 3.05) is 10.6 Å². The van der Waals surface area contributed by atoms with Crippen molar-refractivity contribution in [1.82, 2.24) is 5.53 Å². The van der Waals surface area contributed by atoms with Gasteiger partial charge in [0.05, 0.1) is 5.69 Å². The first kappa shape index (κ1) is 6.90. The van der Waals surface area contributed by atoms with E-state index < -0.39 is 0 Å². The Hall–Kier alpha value is -0.780. The molecule has 1 heterocycles. The molecule has 3 N–H and O–H groups in total. The van der Waals surface area contributed by atoms with Crippen molar-refractivity contribution in [3.8, 4) is 0 Å². The number of hydrogen-bond acceptors (Lipinski definition) is 4. The Kier molecular flexibility index (Phi) is 1.49. The molecule has 4 nitrogen and oxygen atoms in total. The lowest BCUT2D eigenvalue weighted by Gasteiger charge is -2.05. The highest BCUT2D eigenvalue weighted by Crippen LogP contribution is 2.30. The molecule has 0 saturated carbocycles. The van der Waals surface area contributed by atoms with Gasteiger partial charge >= 0.3 is 0 Å². The summed E-state index contributed by atoms with van der Waals surface area (Å²) >= 11 is 3.32. The standard InChI is InChI=1S/C6H6BrN3O/c7-4-1-2-6-5(3-4)8-9-10(6)11/h1-3,8-9,11H. The number of nitrogens with one attached hydrogen (secondary N) is 2. The molecule has 0 amide bonds. The van der Waals surface area contributed by atoms with Gasteiger partial charge in [0, 0.05) is 4.47 Å². The Morgan fingerprint density at radius 1 is 1.45 bits per heavy atom. The Bertz CT molecular complexity index is 291. The summed E-state index contributed by atoms with van der Waals surface area (Å²) in [5.74, 6) is 0. The lowest BCUT2D eigenvalue weighted by molar-refractivity contribution is 0.230. The summed E-state index contributed by atoms with van der Waals surface area (Å²) in [5.41, 5.74) is 6.88. The second-order valence-corrected chi connectivity index (χ2v) is 3.13. The molecule has 0 radical (unpaired) electrons. The number of hydrazine groups is 2. The summed E-state index contributed by atoms with van der Waals surface area (Å²) in [6.45, 7) is 0. The fourth-order valence-electron chi connectivity index (χ4n) is 0.966. The molecule has 2 rings (SSSR count). The van der Waals surface area contributed by atoms with Crippen LogP contribution in [0.15, 0.2) is 22.7 Å². The zero-order valence-corrected chi connectivity index (χ0v) is 7.09. The van der Waals surface area contributed by atoms with E-state index in [2.05, 4.69) is 26.9 Å². The van der Waals surface area contributed by atoms with Gasteiger partial charge in [-0.3, -0.25) is 10.6 Å². The minimum absolute atomic E-state index is 0.716. The van der Waals surface area contributed by atoms with Crippen LogP contribution < -0.4 is 16.1 Å². The van der Waals surface area contributed by atoms with E-state index in [1.54, 1.807) is 6.07 Å². The average Bonchev–Trinajstić information content (AvgIpc) is 2.32. The number of fused-ring (bicyclic) bond motifs is 1. The van der Waals surface area contributed by atoms with E-state index in [1.807, 2.05) is 12.1 Å². The van der Waals surface area contributed by atoms with Gasteiger partial charge in [0.15, 0.2) is 0 Å². The van der Waals surface area contributed by atoms with Gasteiger partial charge in [0.25, 0.3) is 0 Å². The number of nitrogens with zero attached hydrogens (tertiary/aromatic N) is 1. The Labute approximate surface area is 71.8 Å². The quantitative estimate of drug-likeness (QED) is 0.614. The van der Waals surface area contributed by atoms with Crippen molar-refractivity contribution in [1.29, 1.82) is 0 Å². The molecular weight excluding hydrogens is 210 g/mol. The molecule has 0 saturated heterocycles. The van der Waals surface area contributed by atoms with Gasteiger partial charge in [-0.25, -0.2) is 0 Å². The van der Waals surface area contributed by atoms with Crippen molar-refractivity contribution in [2.24, 2.45) is 0 Å². The summed E-state index contributed by atoms with van der Waals surface area (Å²) in [6.07, 6.45) is 0. The van der Waals surface area contributed by atoms with E-state index in [-0.39, 0.29) is 0 Å². The fraction of sp³-hybridized carbons (Fsp3) is 0. The molecule has 1 aromatic carbocycles. The first-order valence-corrected chi connectivity index (χ1v) is 3.87. The second-order valence-electron chi connectivity index (χ2n) is 2.21. The number of halogens is 1. The van der Waals surface area contributed by atoms with E-state index in [9.17, 15) is 0 Å². The van der Waals surface area contributed by atoms with Crippen molar-refractivity contribution in [2.45, 2.75) is 0 Å². The van der Waals surface area contributed by atoms with Gasteiger partial charge in [-0.1, -0.05) is 15.9 Å². The summed E-state index contributed by atoms with van der Waals surface area (Å²) in [6, 6.07) is 5.53. The molecule has 1 aromatic rings. The molecule has 0 aromatic heterocycles. The second kappa shape index (κ2) is 2.37. The molecule has 11 heavy (non-hydrogen) atoms. The SMILES string of the molecule is ON1NNc2cc(Br)ccc21. The molecule has 5 heteroatoms. The van der Waals surface area contributed by atoms with Crippen LogP contribution in [0.3, 0.4) is 0 Å². The molecule has 0 bridgehead atoms. The molecule has 1 aliphatic rings. The van der Waals surface area contributed by atoms with E-state index in [1.165, 1.54) is 0 Å². The van der Waals surface area contributed by atoms with E-state index >= 15 is 0 Å². The highest BCUT2D eigenvalue weighted by Gasteiger charge is 2.15. The van der Waals surface area contributed by atoms with Crippen LogP contribution >= 0.6 is 15.9 Å². The van der Waals surface area contributed by atoms with Gasteiger partial charge in [-0.2, -0.15) is 5.17 Å². The Morgan fingerprint density at radius 2 is 2.27 bits per heavy atom. The third-order valence-electron chi connectivity index (χ3n) is 1.48. The van der Waals surface area contributed by atoms with Crippen LogP contribution in [0.4, 0.5) is 11.4 Å². The third kappa shape index (κ3) is 1.07. The molecule has 58 valence electrons. The minimum Gasteiger partial charge on any atom is -0.300 e. The smallest absolute Gasteiger partial charge is 0.108 e. The van der Waals surface area contributed by atoms with Crippen molar-refractivity contribution < 1.29 is 5.21 Å². The Balaban J connectivity index is 2.50. The predicted molar refractivity (Wildman–Crippen MR) is 45.2 cm³/mol. The molecule has 0 unspecified atom stereocenters. The van der Waals surface area contributed by atoms with Gasteiger partial charge in [-0.15, -0.1) is 5.53 Å². The third-order valence-corrected chi connectivity index (χ3v) is 1.98. The van der Waals surface area contributed by atoms with Crippen LogP contribution in [0.2, 0.25) is 0 Å². The Morgan fingerprint density at radius 3 is 3.09 bits per heavy atom. The average molecular weight is 216 g/mol. The maximum absolute atomic E-state index is 9.12. The number of benzene rings is 1. The van der Waals surface area contributed by atoms with Crippen molar-refractivity contribution in [3.05, 3.63) is 22.7 Å². The molecule has 0 atom stereocenters. The molecule has 0 fully saturated rings. The molecular formula is C6H6BrN3O. The molecule has 0 aliphatic carbocycles. The summed E-state index contributed by atoms with van der Waals surface area (Å²) in [7, 11) is 0. The zero-order valence-electron chi connectivity index (χ0n) is 5.50. The van der Waals surface area contributed by atoms with Gasteiger partial charge in [0.1, 0.15) is 5.69 Å². The van der Waals surface area contributed by atoms with Crippen molar-refractivity contribution >= 4 is 27.3 Å². The number of hydrogen-bond donors (Lipinski definition) is 3. The van der Waals surface area contributed by atoms with E-state index in [0.717, 1.165) is 15.3 Å². The lowest BCUT2D eigenvalue weighted by Crippen LogP contribution is -2.32. The lowest BCUT2D eigenvalue weighted by atomic mass is 10.3. The maximum Gasteiger partial charge on any atom is 0.108 e. The molecule has 0 spiro atoms. The van der Waals surface area contributed by atoms with Gasteiger partial charge in [0.2, 0.25) is 0 Å². The first-order chi connectivity index (χ1) is 5.27. The van der Waals surface area contributed by atoms with Crippen LogP contribution in [-0.4, -0.2) is 5.21 Å². The maximum atomic E-state index is 9.12. The predicted octanol–water partition coefficient (Wildman–Crippen LogP) is 1.49. The largest absolute Gasteiger partial charge is 0.300 e. The monoisotopic (exact) mass is 215 g/mol. The highest BCUT2D eigenvalue weighted by atomic mass is 79.9. The van der Waals surface area contributed by atoms with Crippen LogP contribution in [0.25, 0.3) is 0 Å². The van der Waals surface area contributed by atoms with Gasteiger partial charge in [-0.05, 0) is 18.2 Å². The summed E-state index contributed by atoms with van der Waals surface area (Å²) in [5, 5.41) is 10.0. The van der Waals surface area contributed by atoms with Crippen LogP contribution in [-0.2, 0) is 0 Å². The number of anilines is 2. The van der Waals surface area contributed by atoms with Crippen LogP contribution in [0, 0.1) is 0 Å². The number of rotatable bonds is 0. The van der Waals surface area contributed by atoms with Crippen LogP contribution in [0.5, 0.6) is 0 Å². The fourth-order valence-corrected chi connectivity index (χ4v) is 1.33. The first-order valence-electron chi connectivity index (χ1n) is 3.07. The van der Waals surface area contributed by atoms with Gasteiger partial charge < -0.3 is 0 Å². The topological polar surface area (TPSA) is 47.5 Å². The summed E-state index contributed by atoms with van der Waals surface area (Å²) in [4.78, 5) is 0. The minimum atomic E-state index is 0.716. The van der Waals surface area contributed by atoms with E-state index in [4.69, 9.17) is 5.21 Å². The molecule has 1 aliphatic heterocycles. The normalized spacial score (nSPS) is 14.5.